The smallest absolute Gasteiger partial charge is 0.332 e. The van der Waals surface area contributed by atoms with Crippen LogP contribution in [0.15, 0.2) is 12.7 Å². The first-order valence-corrected chi connectivity index (χ1v) is 8.61. The van der Waals surface area contributed by atoms with Gasteiger partial charge < -0.3 is 8.85 Å². The maximum Gasteiger partial charge on any atom is 0.332 e. The molecule has 0 spiro atoms. The molecule has 0 aromatic heterocycles. The molecule has 0 N–H and O–H groups in total. The summed E-state index contributed by atoms with van der Waals surface area (Å²) in [5, 5.41) is 0. The topological polar surface area (TPSA) is 35.5 Å². The molecule has 1 rings (SSSR count). The molecule has 1 aliphatic rings. The van der Waals surface area contributed by atoms with E-state index in [1.54, 1.807) is 6.08 Å². The lowest BCUT2D eigenvalue weighted by Gasteiger charge is -2.13. The van der Waals surface area contributed by atoms with Crippen LogP contribution in [0.1, 0.15) is 0 Å². The normalized spacial score (nSPS) is 28.6. The summed E-state index contributed by atoms with van der Waals surface area (Å²) in [5.41, 5.74) is 0. The van der Waals surface area contributed by atoms with Gasteiger partial charge in [-0.25, -0.2) is 0 Å². The zero-order valence-corrected chi connectivity index (χ0v) is 9.93. The quantitative estimate of drug-likeness (QED) is 0.524. The van der Waals surface area contributed by atoms with Crippen LogP contribution in [0.25, 0.3) is 0 Å². The van der Waals surface area contributed by atoms with E-state index in [9.17, 15) is 4.21 Å². The van der Waals surface area contributed by atoms with E-state index in [1.165, 1.54) is 0 Å². The minimum atomic E-state index is -1.85. The molecule has 3 nitrogen and oxygen atoms in total. The highest BCUT2D eigenvalue weighted by Gasteiger charge is 2.36. The zero-order valence-electron chi connectivity index (χ0n) is 8.12. The van der Waals surface area contributed by atoms with Gasteiger partial charge in [-0.2, -0.15) is 0 Å². The molecule has 1 saturated heterocycles. The Labute approximate surface area is 82.8 Å². The average molecular weight is 220 g/mol. The summed E-state index contributed by atoms with van der Waals surface area (Å²) in [4.78, 5) is 0. The predicted molar refractivity (Wildman–Crippen MR) is 56.4 cm³/mol. The van der Waals surface area contributed by atoms with Crippen molar-refractivity contribution in [1.29, 1.82) is 0 Å². The molecule has 0 aromatic carbocycles. The maximum absolute atomic E-state index is 11.3. The van der Waals surface area contributed by atoms with Crippen molar-refractivity contribution < 1.29 is 13.1 Å². The third-order valence-corrected chi connectivity index (χ3v) is 4.86. The first kappa shape index (κ1) is 11.1. The van der Waals surface area contributed by atoms with Crippen molar-refractivity contribution in [2.75, 3.05) is 18.1 Å². The molecular formula is C8H16O3SSi. The Morgan fingerprint density at radius 1 is 1.69 bits per heavy atom. The van der Waals surface area contributed by atoms with E-state index < -0.39 is 19.4 Å². The van der Waals surface area contributed by atoms with Gasteiger partial charge in [0.2, 0.25) is 0 Å². The van der Waals surface area contributed by atoms with Gasteiger partial charge in [0, 0.05) is 16.6 Å². The molecule has 1 aliphatic heterocycles. The first-order chi connectivity index (χ1) is 6.03. The van der Waals surface area contributed by atoms with Crippen LogP contribution < -0.4 is 0 Å². The van der Waals surface area contributed by atoms with Gasteiger partial charge in [0.25, 0.3) is 0 Å². The summed E-state index contributed by atoms with van der Waals surface area (Å²) < 4.78 is 22.5. The van der Waals surface area contributed by atoms with Crippen molar-refractivity contribution in [3.05, 3.63) is 12.7 Å². The Kier molecular flexibility index (Phi) is 3.84. The fourth-order valence-electron chi connectivity index (χ4n) is 1.25. The number of rotatable bonds is 4. The molecule has 0 amide bonds. The molecule has 0 aliphatic carbocycles. The third-order valence-electron chi connectivity index (χ3n) is 1.74. The van der Waals surface area contributed by atoms with Gasteiger partial charge in [-0.15, -0.1) is 6.58 Å². The van der Waals surface area contributed by atoms with E-state index in [2.05, 4.69) is 6.58 Å². The molecule has 13 heavy (non-hydrogen) atoms. The summed E-state index contributed by atoms with van der Waals surface area (Å²) in [6.07, 6.45) is 1.71. The van der Waals surface area contributed by atoms with E-state index in [0.29, 0.717) is 18.1 Å². The van der Waals surface area contributed by atoms with Crippen LogP contribution in [-0.4, -0.2) is 37.0 Å². The molecular weight excluding hydrogens is 204 g/mol. The molecule has 1 heterocycles. The van der Waals surface area contributed by atoms with Crippen LogP contribution in [0.4, 0.5) is 0 Å². The molecule has 2 atom stereocenters. The predicted octanol–water partition coefficient (Wildman–Crippen LogP) is 1.04. The minimum absolute atomic E-state index is 0.0300. The van der Waals surface area contributed by atoms with Crippen molar-refractivity contribution in [3.8, 4) is 0 Å². The van der Waals surface area contributed by atoms with E-state index in [-0.39, 0.29) is 6.10 Å². The average Bonchev–Trinajstić information content (AvgIpc) is 2.30. The van der Waals surface area contributed by atoms with Gasteiger partial charge in [0.05, 0.1) is 18.5 Å². The zero-order chi connectivity index (χ0) is 9.90. The first-order valence-electron chi connectivity index (χ1n) is 4.31. The highest BCUT2D eigenvalue weighted by Crippen LogP contribution is 2.18. The van der Waals surface area contributed by atoms with E-state index in [4.69, 9.17) is 8.85 Å². The number of hydrogen-bond donors (Lipinski definition) is 0. The Bertz CT molecular complexity index is 217. The largest absolute Gasteiger partial charge is 0.392 e. The third kappa shape index (κ3) is 3.72. The van der Waals surface area contributed by atoms with Gasteiger partial charge in [0.1, 0.15) is 0 Å². The summed E-state index contributed by atoms with van der Waals surface area (Å²) in [6.45, 7) is 8.15. The lowest BCUT2D eigenvalue weighted by molar-refractivity contribution is 0.256. The van der Waals surface area contributed by atoms with Crippen LogP contribution in [-0.2, 0) is 19.7 Å². The SMILES string of the molecule is C=CCS(=O)CC1CO[Si](C)(C)O1. The summed E-state index contributed by atoms with van der Waals surface area (Å²) in [7, 11) is -2.70. The van der Waals surface area contributed by atoms with Gasteiger partial charge in [0.15, 0.2) is 0 Å². The van der Waals surface area contributed by atoms with Crippen molar-refractivity contribution in [2.45, 2.75) is 19.2 Å². The molecule has 5 heteroatoms. The molecule has 0 saturated carbocycles. The van der Waals surface area contributed by atoms with Crippen LogP contribution in [0.3, 0.4) is 0 Å². The van der Waals surface area contributed by atoms with Crippen LogP contribution in [0.2, 0.25) is 13.1 Å². The highest BCUT2D eigenvalue weighted by molar-refractivity contribution is 7.85. The minimum Gasteiger partial charge on any atom is -0.392 e. The van der Waals surface area contributed by atoms with Gasteiger partial charge in [-0.1, -0.05) is 6.08 Å². The molecule has 1 fully saturated rings. The van der Waals surface area contributed by atoms with Crippen LogP contribution >= 0.6 is 0 Å². The molecule has 76 valence electrons. The van der Waals surface area contributed by atoms with Crippen LogP contribution in [0, 0.1) is 0 Å². The maximum atomic E-state index is 11.3. The summed E-state index contributed by atoms with van der Waals surface area (Å²) in [5.74, 6) is 1.12. The second kappa shape index (κ2) is 4.50. The van der Waals surface area contributed by atoms with Gasteiger partial charge >= 0.3 is 8.56 Å². The fourth-order valence-corrected chi connectivity index (χ4v) is 3.96. The second-order valence-corrected chi connectivity index (χ2v) is 8.38. The molecule has 0 bridgehead atoms. The van der Waals surface area contributed by atoms with Crippen molar-refractivity contribution in [3.63, 3.8) is 0 Å². The van der Waals surface area contributed by atoms with E-state index in [1.807, 2.05) is 13.1 Å². The Morgan fingerprint density at radius 3 is 2.85 bits per heavy atom. The molecule has 0 radical (unpaired) electrons. The lowest BCUT2D eigenvalue weighted by Crippen LogP contribution is -2.29. The van der Waals surface area contributed by atoms with Crippen LogP contribution in [0.5, 0.6) is 0 Å². The molecule has 0 aromatic rings. The van der Waals surface area contributed by atoms with Crippen molar-refractivity contribution in [1.82, 2.24) is 0 Å². The highest BCUT2D eigenvalue weighted by atomic mass is 32.2. The standard InChI is InChI=1S/C8H16O3SSi/c1-4-5-12(9)7-8-6-10-13(2,3)11-8/h4,8H,1,5-7H2,2-3H3. The Morgan fingerprint density at radius 2 is 2.38 bits per heavy atom. The fraction of sp³-hybridized carbons (Fsp3) is 0.750. The van der Waals surface area contributed by atoms with Crippen molar-refractivity contribution in [2.24, 2.45) is 0 Å². The summed E-state index contributed by atoms with van der Waals surface area (Å²) in [6, 6.07) is 0. The van der Waals surface area contributed by atoms with E-state index >= 15 is 0 Å². The Hall–Kier alpha value is 0.0269. The molecule has 2 unspecified atom stereocenters. The summed E-state index contributed by atoms with van der Waals surface area (Å²) >= 11 is 0. The van der Waals surface area contributed by atoms with Crippen molar-refractivity contribution >= 4 is 19.4 Å². The second-order valence-electron chi connectivity index (χ2n) is 3.51. The monoisotopic (exact) mass is 220 g/mol. The van der Waals surface area contributed by atoms with Gasteiger partial charge in [-0.3, -0.25) is 4.21 Å². The lowest BCUT2D eigenvalue weighted by atomic mass is 10.4. The van der Waals surface area contributed by atoms with Gasteiger partial charge in [-0.05, 0) is 13.1 Å². The Balaban J connectivity index is 2.32. The van der Waals surface area contributed by atoms with E-state index in [0.717, 1.165) is 0 Å². The number of hydrogen-bond acceptors (Lipinski definition) is 3.